The summed E-state index contributed by atoms with van der Waals surface area (Å²) in [6.45, 7) is 9.53. The number of carbonyl (C=O) groups is 1. The molecule has 2 saturated heterocycles. The molecule has 7 nitrogen and oxygen atoms in total. The third-order valence-corrected chi connectivity index (χ3v) is 8.75. The van der Waals surface area contributed by atoms with Crippen LogP contribution in [0.3, 0.4) is 0 Å². The maximum Gasteiger partial charge on any atom is 0.254 e. The van der Waals surface area contributed by atoms with Crippen LogP contribution in [0.1, 0.15) is 39.9 Å². The Hall–Kier alpha value is -2.45. The van der Waals surface area contributed by atoms with E-state index in [-0.39, 0.29) is 5.91 Å². The van der Waals surface area contributed by atoms with E-state index in [0.717, 1.165) is 89.3 Å². The van der Waals surface area contributed by atoms with Gasteiger partial charge in [0.25, 0.3) is 5.91 Å². The van der Waals surface area contributed by atoms with E-state index in [4.69, 9.17) is 4.74 Å². The molecule has 0 spiro atoms. The van der Waals surface area contributed by atoms with Crippen molar-refractivity contribution in [2.75, 3.05) is 70.5 Å². The van der Waals surface area contributed by atoms with E-state index in [0.29, 0.717) is 25.7 Å². The lowest BCUT2D eigenvalue weighted by Gasteiger charge is -2.41. The summed E-state index contributed by atoms with van der Waals surface area (Å²) in [7, 11) is 0. The second kappa shape index (κ2) is 11.1. The van der Waals surface area contributed by atoms with Crippen molar-refractivity contribution < 1.29 is 14.6 Å². The van der Waals surface area contributed by atoms with Crippen LogP contribution in [0.4, 0.5) is 5.69 Å². The van der Waals surface area contributed by atoms with E-state index in [2.05, 4.69) is 51.1 Å². The Labute approximate surface area is 220 Å². The fourth-order valence-electron chi connectivity index (χ4n) is 6.61. The molecule has 0 saturated carbocycles. The highest BCUT2D eigenvalue weighted by Crippen LogP contribution is 2.27. The Bertz CT molecular complexity index is 1090. The number of benzene rings is 2. The van der Waals surface area contributed by atoms with Gasteiger partial charge in [-0.15, -0.1) is 0 Å². The first-order chi connectivity index (χ1) is 18.1. The van der Waals surface area contributed by atoms with E-state index in [1.54, 1.807) is 0 Å². The number of anilines is 1. The molecule has 1 N–H and O–H groups in total. The molecule has 37 heavy (non-hydrogen) atoms. The second-order valence-corrected chi connectivity index (χ2v) is 11.1. The van der Waals surface area contributed by atoms with E-state index in [1.807, 2.05) is 11.0 Å². The number of carbonyl (C=O) groups excluding carboxylic acids is 1. The molecular weight excluding hydrogens is 464 g/mol. The van der Waals surface area contributed by atoms with Gasteiger partial charge in [0.15, 0.2) is 0 Å². The summed E-state index contributed by atoms with van der Waals surface area (Å²) in [5, 5.41) is 10.8. The Morgan fingerprint density at radius 3 is 2.43 bits per heavy atom. The predicted octanol–water partition coefficient (Wildman–Crippen LogP) is 2.41. The summed E-state index contributed by atoms with van der Waals surface area (Å²) < 4.78 is 5.53. The Balaban J connectivity index is 1.02. The molecule has 2 fully saturated rings. The van der Waals surface area contributed by atoms with E-state index in [1.165, 1.54) is 16.8 Å². The molecule has 2 aromatic carbocycles. The highest BCUT2D eigenvalue weighted by atomic mass is 16.5. The van der Waals surface area contributed by atoms with Gasteiger partial charge in [-0.3, -0.25) is 14.6 Å². The van der Waals surface area contributed by atoms with Gasteiger partial charge in [0.1, 0.15) is 0 Å². The minimum atomic E-state index is -0.540. The molecule has 4 heterocycles. The first kappa shape index (κ1) is 24.9. The first-order valence-electron chi connectivity index (χ1n) is 14.1. The summed E-state index contributed by atoms with van der Waals surface area (Å²) >= 11 is 0. The normalized spacial score (nSPS) is 22.6. The molecule has 7 heteroatoms. The second-order valence-electron chi connectivity index (χ2n) is 11.1. The van der Waals surface area contributed by atoms with Crippen molar-refractivity contribution in [1.82, 2.24) is 14.7 Å². The zero-order valence-electron chi connectivity index (χ0n) is 21.9. The van der Waals surface area contributed by atoms with Crippen molar-refractivity contribution in [3.8, 4) is 0 Å². The average Bonchev–Trinajstić information content (AvgIpc) is 2.95. The van der Waals surface area contributed by atoms with Crippen molar-refractivity contribution in [2.24, 2.45) is 0 Å². The van der Waals surface area contributed by atoms with Gasteiger partial charge in [-0.1, -0.05) is 24.3 Å². The van der Waals surface area contributed by atoms with Crippen molar-refractivity contribution in [2.45, 2.75) is 44.4 Å². The molecule has 2 aromatic rings. The number of ether oxygens (including phenoxy) is 1. The third kappa shape index (κ3) is 5.55. The van der Waals surface area contributed by atoms with E-state index >= 15 is 0 Å². The highest BCUT2D eigenvalue weighted by molar-refractivity contribution is 5.97. The van der Waals surface area contributed by atoms with Gasteiger partial charge in [0.2, 0.25) is 0 Å². The van der Waals surface area contributed by atoms with Crippen molar-refractivity contribution >= 4 is 11.6 Å². The number of rotatable bonds is 6. The zero-order chi connectivity index (χ0) is 25.2. The van der Waals surface area contributed by atoms with Crippen LogP contribution in [0, 0.1) is 0 Å². The quantitative estimate of drug-likeness (QED) is 0.652. The minimum Gasteiger partial charge on any atom is -0.390 e. The van der Waals surface area contributed by atoms with Crippen molar-refractivity contribution in [1.29, 1.82) is 0 Å². The van der Waals surface area contributed by atoms with Crippen LogP contribution in [0.15, 0.2) is 42.5 Å². The molecule has 198 valence electrons. The highest BCUT2D eigenvalue weighted by Gasteiger charge is 2.29. The number of hydrogen-bond donors (Lipinski definition) is 1. The minimum absolute atomic E-state index is 0.0557. The number of fused-ring (bicyclic) bond motifs is 2. The largest absolute Gasteiger partial charge is 0.390 e. The smallest absolute Gasteiger partial charge is 0.254 e. The molecule has 0 aliphatic carbocycles. The number of aliphatic hydroxyl groups is 1. The van der Waals surface area contributed by atoms with Crippen LogP contribution in [-0.4, -0.2) is 103 Å². The van der Waals surface area contributed by atoms with Gasteiger partial charge in [-0.05, 0) is 60.6 Å². The lowest BCUT2D eigenvalue weighted by atomic mass is 9.97. The van der Waals surface area contributed by atoms with Crippen LogP contribution in [-0.2, 0) is 24.1 Å². The Kier molecular flexibility index (Phi) is 7.47. The molecule has 6 rings (SSSR count). The zero-order valence-corrected chi connectivity index (χ0v) is 21.9. The van der Waals surface area contributed by atoms with Gasteiger partial charge in [0, 0.05) is 89.4 Å². The van der Waals surface area contributed by atoms with Crippen LogP contribution >= 0.6 is 0 Å². The van der Waals surface area contributed by atoms with Crippen LogP contribution in [0.5, 0.6) is 0 Å². The molecular formula is C30H40N4O3. The average molecular weight is 505 g/mol. The molecule has 0 aromatic heterocycles. The predicted molar refractivity (Wildman–Crippen MR) is 145 cm³/mol. The molecule has 0 bridgehead atoms. The number of nitrogens with zero attached hydrogens (tertiary/aromatic N) is 4. The summed E-state index contributed by atoms with van der Waals surface area (Å²) in [6.07, 6.45) is 3.63. The maximum atomic E-state index is 13.3. The van der Waals surface area contributed by atoms with Gasteiger partial charge in [-0.25, -0.2) is 0 Å². The summed E-state index contributed by atoms with van der Waals surface area (Å²) in [6, 6.07) is 15.6. The summed E-state index contributed by atoms with van der Waals surface area (Å²) in [5.74, 6) is 0.0557. The van der Waals surface area contributed by atoms with Gasteiger partial charge >= 0.3 is 0 Å². The SMILES string of the molecule is O=C1c2ccc(N3CCN(C4CCOCC4)CC3)cc2CCN1CC(O)CN1CCc2ccccc2C1. The van der Waals surface area contributed by atoms with Gasteiger partial charge in [-0.2, -0.15) is 0 Å². The van der Waals surface area contributed by atoms with Crippen LogP contribution < -0.4 is 4.90 Å². The molecule has 0 radical (unpaired) electrons. The van der Waals surface area contributed by atoms with Crippen molar-refractivity contribution in [3.05, 3.63) is 64.7 Å². The number of piperazine rings is 1. The van der Waals surface area contributed by atoms with E-state index < -0.39 is 6.10 Å². The van der Waals surface area contributed by atoms with Crippen LogP contribution in [0.25, 0.3) is 0 Å². The maximum absolute atomic E-state index is 13.3. The van der Waals surface area contributed by atoms with E-state index in [9.17, 15) is 9.90 Å². The lowest BCUT2D eigenvalue weighted by molar-refractivity contribution is 0.0321. The van der Waals surface area contributed by atoms with Crippen LogP contribution in [0.2, 0.25) is 0 Å². The van der Waals surface area contributed by atoms with Crippen molar-refractivity contribution in [3.63, 3.8) is 0 Å². The summed E-state index contributed by atoms with van der Waals surface area (Å²) in [5.41, 5.74) is 5.95. The monoisotopic (exact) mass is 504 g/mol. The number of aliphatic hydroxyl groups excluding tert-OH is 1. The third-order valence-electron chi connectivity index (χ3n) is 8.75. The number of amides is 1. The first-order valence-corrected chi connectivity index (χ1v) is 14.1. The molecule has 1 atom stereocenters. The topological polar surface area (TPSA) is 59.5 Å². The summed E-state index contributed by atoms with van der Waals surface area (Å²) in [4.78, 5) is 22.5. The Morgan fingerprint density at radius 1 is 0.865 bits per heavy atom. The number of β-amino-alcohol motifs (C(OH)–C–C–N with tert-alkyl or cyclic N) is 1. The van der Waals surface area contributed by atoms with Gasteiger partial charge < -0.3 is 19.6 Å². The lowest BCUT2D eigenvalue weighted by Crippen LogP contribution is -2.51. The molecule has 1 unspecified atom stereocenters. The molecule has 4 aliphatic rings. The number of hydrogen-bond acceptors (Lipinski definition) is 6. The standard InChI is InChI=1S/C30H40N4O3/c35-28(21-31-11-7-23-3-1-2-4-25(23)20-31)22-34-12-8-24-19-27(5-6-29(24)30(34)36)33-15-13-32(14-16-33)26-9-17-37-18-10-26/h1-6,19,26,28,35H,7-18,20-22H2. The fourth-order valence-corrected chi connectivity index (χ4v) is 6.61. The Morgan fingerprint density at radius 2 is 1.62 bits per heavy atom. The fraction of sp³-hybridized carbons (Fsp3) is 0.567. The molecule has 4 aliphatic heterocycles. The van der Waals surface area contributed by atoms with Gasteiger partial charge in [0.05, 0.1) is 6.10 Å². The molecule has 1 amide bonds.